The van der Waals surface area contributed by atoms with E-state index in [4.69, 9.17) is 27.9 Å². The van der Waals surface area contributed by atoms with Gasteiger partial charge in [-0.05, 0) is 25.1 Å². The van der Waals surface area contributed by atoms with Crippen molar-refractivity contribution in [2.75, 3.05) is 17.2 Å². The molecular weight excluding hydrogens is 305 g/mol. The molecule has 9 heteroatoms. The molecule has 2 rings (SSSR count). The number of halogens is 2. The first-order valence-corrected chi connectivity index (χ1v) is 6.42. The number of aromatic amines is 1. The van der Waals surface area contributed by atoms with E-state index in [-0.39, 0.29) is 12.0 Å². The number of benzene rings is 1. The molecule has 3 N–H and O–H groups in total. The highest BCUT2D eigenvalue weighted by Crippen LogP contribution is 2.25. The summed E-state index contributed by atoms with van der Waals surface area (Å²) in [5, 5.41) is 12.1. The van der Waals surface area contributed by atoms with Gasteiger partial charge in [-0.3, -0.25) is 5.32 Å². The number of nitrogens with one attached hydrogen (secondary N) is 3. The zero-order chi connectivity index (χ0) is 14.5. The molecule has 1 aromatic heterocycles. The Hall–Kier alpha value is -1.99. The van der Waals surface area contributed by atoms with Crippen LogP contribution in [-0.4, -0.2) is 27.8 Å². The maximum Gasteiger partial charge on any atom is 0.337 e. The van der Waals surface area contributed by atoms with Crippen molar-refractivity contribution in [3.63, 3.8) is 0 Å². The Bertz CT molecular complexity index is 617. The van der Waals surface area contributed by atoms with Crippen LogP contribution in [0.3, 0.4) is 0 Å². The van der Waals surface area contributed by atoms with Crippen LogP contribution in [0.4, 0.5) is 16.4 Å². The molecule has 20 heavy (non-hydrogen) atoms. The van der Waals surface area contributed by atoms with Gasteiger partial charge in [0.2, 0.25) is 5.95 Å². The van der Waals surface area contributed by atoms with Crippen LogP contribution >= 0.6 is 23.2 Å². The molecule has 0 aliphatic carbocycles. The zero-order valence-corrected chi connectivity index (χ0v) is 11.9. The summed E-state index contributed by atoms with van der Waals surface area (Å²) in [7, 11) is 0. The standard InChI is InChI=1S/C11H11Cl2N5O2/c1-2-20-11-16-9(17-18-11)15-10(19)14-8-5-6(12)3-4-7(8)13/h3-5H,2H2,1H3,(H3,14,15,16,17,18,19). The minimum atomic E-state index is -0.534. The van der Waals surface area contributed by atoms with Gasteiger partial charge in [0, 0.05) is 5.02 Å². The van der Waals surface area contributed by atoms with Crippen LogP contribution < -0.4 is 15.4 Å². The molecule has 0 bridgehead atoms. The van der Waals surface area contributed by atoms with Crippen molar-refractivity contribution in [1.82, 2.24) is 15.2 Å². The van der Waals surface area contributed by atoms with Gasteiger partial charge in [0.1, 0.15) is 0 Å². The topological polar surface area (TPSA) is 91.9 Å². The number of hydrogen-bond acceptors (Lipinski definition) is 4. The van der Waals surface area contributed by atoms with E-state index in [0.29, 0.717) is 22.3 Å². The summed E-state index contributed by atoms with van der Waals surface area (Å²) in [6.45, 7) is 2.24. The van der Waals surface area contributed by atoms with Crippen molar-refractivity contribution in [1.29, 1.82) is 0 Å². The van der Waals surface area contributed by atoms with Crippen LogP contribution in [0.5, 0.6) is 6.01 Å². The molecule has 2 aromatic rings. The molecule has 0 aliphatic rings. The van der Waals surface area contributed by atoms with Gasteiger partial charge in [0.05, 0.1) is 17.3 Å². The van der Waals surface area contributed by atoms with E-state index in [9.17, 15) is 4.79 Å². The monoisotopic (exact) mass is 315 g/mol. The summed E-state index contributed by atoms with van der Waals surface area (Å²) in [5.41, 5.74) is 0.390. The maximum absolute atomic E-state index is 11.8. The Morgan fingerprint density at radius 2 is 2.20 bits per heavy atom. The average Bonchev–Trinajstić information content (AvgIpc) is 2.81. The number of aromatic nitrogens is 3. The van der Waals surface area contributed by atoms with Crippen molar-refractivity contribution < 1.29 is 9.53 Å². The fourth-order valence-electron chi connectivity index (χ4n) is 1.35. The lowest BCUT2D eigenvalue weighted by Gasteiger charge is -2.07. The van der Waals surface area contributed by atoms with E-state index in [0.717, 1.165) is 0 Å². The third-order valence-electron chi connectivity index (χ3n) is 2.15. The molecule has 0 atom stereocenters. The third kappa shape index (κ3) is 3.75. The van der Waals surface area contributed by atoms with Crippen molar-refractivity contribution in [3.05, 3.63) is 28.2 Å². The minimum Gasteiger partial charge on any atom is -0.463 e. The van der Waals surface area contributed by atoms with Crippen molar-refractivity contribution in [3.8, 4) is 6.01 Å². The number of carbonyl (C=O) groups is 1. The predicted molar refractivity (Wildman–Crippen MR) is 76.7 cm³/mol. The third-order valence-corrected chi connectivity index (χ3v) is 2.71. The summed E-state index contributed by atoms with van der Waals surface area (Å²) in [5.74, 6) is 0.157. The molecule has 106 valence electrons. The summed E-state index contributed by atoms with van der Waals surface area (Å²) in [6, 6.07) is 4.37. The number of carbonyl (C=O) groups excluding carboxylic acids is 1. The van der Waals surface area contributed by atoms with Crippen molar-refractivity contribution in [2.24, 2.45) is 0 Å². The number of hydrogen-bond donors (Lipinski definition) is 3. The van der Waals surface area contributed by atoms with Crippen molar-refractivity contribution >= 4 is 40.9 Å². The lowest BCUT2D eigenvalue weighted by Crippen LogP contribution is -2.20. The molecule has 0 unspecified atom stereocenters. The van der Waals surface area contributed by atoms with E-state index < -0.39 is 6.03 Å². The Kier molecular flexibility index (Phi) is 4.65. The van der Waals surface area contributed by atoms with E-state index in [1.54, 1.807) is 19.1 Å². The van der Waals surface area contributed by atoms with E-state index >= 15 is 0 Å². The molecule has 0 radical (unpaired) electrons. The Morgan fingerprint density at radius 3 is 2.95 bits per heavy atom. The van der Waals surface area contributed by atoms with E-state index in [1.807, 2.05) is 0 Å². The molecule has 1 heterocycles. The van der Waals surface area contributed by atoms with Gasteiger partial charge in [-0.15, -0.1) is 5.10 Å². The molecule has 0 saturated carbocycles. The molecule has 1 aromatic carbocycles. The Labute approximate surface area is 124 Å². The fourth-order valence-corrected chi connectivity index (χ4v) is 1.69. The highest BCUT2D eigenvalue weighted by Gasteiger charge is 2.10. The quantitative estimate of drug-likeness (QED) is 0.808. The van der Waals surface area contributed by atoms with Gasteiger partial charge in [-0.25, -0.2) is 9.89 Å². The summed E-state index contributed by atoms with van der Waals surface area (Å²) >= 11 is 11.8. The molecule has 0 fully saturated rings. The van der Waals surface area contributed by atoms with Crippen molar-refractivity contribution in [2.45, 2.75) is 6.92 Å². The highest BCUT2D eigenvalue weighted by molar-refractivity contribution is 6.35. The number of rotatable bonds is 4. The molecule has 2 amide bonds. The smallest absolute Gasteiger partial charge is 0.337 e. The molecule has 0 saturated heterocycles. The number of nitrogens with zero attached hydrogens (tertiary/aromatic N) is 2. The van der Waals surface area contributed by atoms with E-state index in [2.05, 4.69) is 25.8 Å². The van der Waals surface area contributed by atoms with Gasteiger partial charge < -0.3 is 10.1 Å². The first-order chi connectivity index (χ1) is 9.58. The van der Waals surface area contributed by atoms with E-state index in [1.165, 1.54) is 6.07 Å². The Morgan fingerprint density at radius 1 is 1.40 bits per heavy atom. The van der Waals surface area contributed by atoms with Crippen LogP contribution in [0.1, 0.15) is 6.92 Å². The van der Waals surface area contributed by atoms with Crippen LogP contribution in [-0.2, 0) is 0 Å². The first-order valence-electron chi connectivity index (χ1n) is 5.66. The summed E-state index contributed by atoms with van der Waals surface area (Å²) in [6.07, 6.45) is 0. The van der Waals surface area contributed by atoms with Crippen LogP contribution in [0.2, 0.25) is 10.0 Å². The summed E-state index contributed by atoms with van der Waals surface area (Å²) in [4.78, 5) is 15.7. The van der Waals surface area contributed by atoms with Crippen LogP contribution in [0, 0.1) is 0 Å². The largest absolute Gasteiger partial charge is 0.463 e. The second-order valence-corrected chi connectivity index (χ2v) is 4.45. The lowest BCUT2D eigenvalue weighted by molar-refractivity contribution is 0.262. The fraction of sp³-hybridized carbons (Fsp3) is 0.182. The SMILES string of the molecule is CCOc1n[nH]c(NC(=O)Nc2cc(Cl)ccc2Cl)n1. The lowest BCUT2D eigenvalue weighted by atomic mass is 10.3. The molecular formula is C11H11Cl2N5O2. The minimum absolute atomic E-state index is 0.156. The molecule has 7 nitrogen and oxygen atoms in total. The van der Waals surface area contributed by atoms with Gasteiger partial charge in [0.25, 0.3) is 0 Å². The molecule has 0 spiro atoms. The van der Waals surface area contributed by atoms with Crippen LogP contribution in [0.15, 0.2) is 18.2 Å². The highest BCUT2D eigenvalue weighted by atomic mass is 35.5. The van der Waals surface area contributed by atoms with Gasteiger partial charge in [0.15, 0.2) is 0 Å². The molecule has 0 aliphatic heterocycles. The normalized spacial score (nSPS) is 10.2. The predicted octanol–water partition coefficient (Wildman–Crippen LogP) is 3.15. The summed E-state index contributed by atoms with van der Waals surface area (Å²) < 4.78 is 5.06. The average molecular weight is 316 g/mol. The first kappa shape index (κ1) is 14.4. The second kappa shape index (κ2) is 6.44. The van der Waals surface area contributed by atoms with Gasteiger partial charge in [-0.2, -0.15) is 4.98 Å². The number of anilines is 2. The zero-order valence-electron chi connectivity index (χ0n) is 10.4. The van der Waals surface area contributed by atoms with Gasteiger partial charge >= 0.3 is 12.0 Å². The second-order valence-electron chi connectivity index (χ2n) is 3.60. The maximum atomic E-state index is 11.8. The number of urea groups is 1. The van der Waals surface area contributed by atoms with Crippen LogP contribution in [0.25, 0.3) is 0 Å². The Balaban J connectivity index is 1.99. The number of amides is 2. The van der Waals surface area contributed by atoms with Gasteiger partial charge in [-0.1, -0.05) is 23.2 Å². The number of H-pyrrole nitrogens is 1. The number of ether oxygens (including phenoxy) is 1.